The monoisotopic (exact) mass is 263 g/mol. The van der Waals surface area contributed by atoms with Crippen molar-refractivity contribution in [2.24, 2.45) is 11.7 Å². The molecule has 1 aromatic rings. The Balaban J connectivity index is 2.77. The average Bonchev–Trinajstić information content (AvgIpc) is 2.38. The van der Waals surface area contributed by atoms with E-state index in [1.54, 1.807) is 24.3 Å². The Kier molecular flexibility index (Phi) is 5.51. The molecule has 0 heterocycles. The molecule has 5 heteroatoms. The molecule has 1 rings (SSSR count). The average molecular weight is 263 g/mol. The van der Waals surface area contributed by atoms with E-state index in [4.69, 9.17) is 5.73 Å². The second-order valence-corrected chi connectivity index (χ2v) is 4.70. The van der Waals surface area contributed by atoms with Crippen molar-refractivity contribution in [2.75, 3.05) is 11.9 Å². The minimum absolute atomic E-state index is 0.0616. The van der Waals surface area contributed by atoms with Crippen molar-refractivity contribution in [3.8, 4) is 0 Å². The van der Waals surface area contributed by atoms with Gasteiger partial charge in [0.05, 0.1) is 6.04 Å². The summed E-state index contributed by atoms with van der Waals surface area (Å²) in [5.41, 5.74) is 6.85. The van der Waals surface area contributed by atoms with Gasteiger partial charge in [0.1, 0.15) is 0 Å². The maximum Gasteiger partial charge on any atom is 0.251 e. The summed E-state index contributed by atoms with van der Waals surface area (Å²) in [5.74, 6) is -0.346. The summed E-state index contributed by atoms with van der Waals surface area (Å²) < 4.78 is 0. The van der Waals surface area contributed by atoms with E-state index in [1.807, 2.05) is 20.8 Å². The van der Waals surface area contributed by atoms with E-state index in [2.05, 4.69) is 10.6 Å². The Morgan fingerprint density at radius 3 is 2.58 bits per heavy atom. The lowest BCUT2D eigenvalue weighted by atomic mass is 10.0. The Morgan fingerprint density at radius 2 is 2.00 bits per heavy atom. The molecule has 2 amide bonds. The van der Waals surface area contributed by atoms with Gasteiger partial charge in [-0.05, 0) is 31.0 Å². The number of nitrogens with two attached hydrogens (primary N) is 1. The molecule has 0 fully saturated rings. The first-order valence-corrected chi connectivity index (χ1v) is 6.40. The summed E-state index contributed by atoms with van der Waals surface area (Å²) in [7, 11) is 0. The third-order valence-corrected chi connectivity index (χ3v) is 2.75. The molecule has 0 aromatic heterocycles. The van der Waals surface area contributed by atoms with Gasteiger partial charge in [-0.2, -0.15) is 0 Å². The van der Waals surface area contributed by atoms with Crippen molar-refractivity contribution in [3.63, 3.8) is 0 Å². The Labute approximate surface area is 113 Å². The molecule has 0 bridgehead atoms. The van der Waals surface area contributed by atoms with E-state index in [0.717, 1.165) is 0 Å². The smallest absolute Gasteiger partial charge is 0.251 e. The molecule has 0 unspecified atom stereocenters. The van der Waals surface area contributed by atoms with E-state index in [1.165, 1.54) is 0 Å². The number of anilines is 1. The van der Waals surface area contributed by atoms with E-state index >= 15 is 0 Å². The second-order valence-electron chi connectivity index (χ2n) is 4.70. The van der Waals surface area contributed by atoms with Crippen LogP contribution in [0.25, 0.3) is 0 Å². The predicted molar refractivity (Wildman–Crippen MR) is 75.9 cm³/mol. The molecule has 0 aliphatic carbocycles. The van der Waals surface area contributed by atoms with Gasteiger partial charge in [-0.25, -0.2) is 0 Å². The molecule has 4 N–H and O–H groups in total. The summed E-state index contributed by atoms with van der Waals surface area (Å²) in [4.78, 5) is 23.5. The van der Waals surface area contributed by atoms with Crippen LogP contribution in [0.15, 0.2) is 24.3 Å². The normalized spacial score (nSPS) is 12.1. The van der Waals surface area contributed by atoms with Crippen LogP contribution in [0.2, 0.25) is 0 Å². The fourth-order valence-corrected chi connectivity index (χ4v) is 1.53. The third-order valence-electron chi connectivity index (χ3n) is 2.75. The number of amides is 2. The van der Waals surface area contributed by atoms with Crippen molar-refractivity contribution >= 4 is 17.5 Å². The van der Waals surface area contributed by atoms with Gasteiger partial charge in [-0.15, -0.1) is 0 Å². The zero-order valence-corrected chi connectivity index (χ0v) is 11.6. The third kappa shape index (κ3) is 4.37. The molecule has 0 spiro atoms. The van der Waals surface area contributed by atoms with Gasteiger partial charge >= 0.3 is 0 Å². The zero-order chi connectivity index (χ0) is 14.4. The van der Waals surface area contributed by atoms with Gasteiger partial charge in [-0.1, -0.05) is 19.9 Å². The van der Waals surface area contributed by atoms with Gasteiger partial charge < -0.3 is 16.4 Å². The molecule has 5 nitrogen and oxygen atoms in total. The Hall–Kier alpha value is -1.88. The predicted octanol–water partition coefficient (Wildman–Crippen LogP) is 1.36. The highest BCUT2D eigenvalue weighted by molar-refractivity contribution is 5.98. The van der Waals surface area contributed by atoms with Gasteiger partial charge in [-0.3, -0.25) is 9.59 Å². The molecule has 0 aliphatic rings. The maximum atomic E-state index is 11.8. The largest absolute Gasteiger partial charge is 0.352 e. The van der Waals surface area contributed by atoms with E-state index in [-0.39, 0.29) is 17.7 Å². The van der Waals surface area contributed by atoms with Crippen LogP contribution in [0.3, 0.4) is 0 Å². The molecule has 1 aromatic carbocycles. The van der Waals surface area contributed by atoms with E-state index in [0.29, 0.717) is 17.8 Å². The minimum Gasteiger partial charge on any atom is -0.352 e. The Morgan fingerprint density at radius 1 is 1.32 bits per heavy atom. The standard InChI is InChI=1S/C14H21N3O2/c1-4-16-13(18)10-6-5-7-11(8-10)17-14(19)12(15)9(2)3/h5-9,12H,4,15H2,1-3H3,(H,16,18)(H,17,19)/t12-/m1/s1. The van der Waals surface area contributed by atoms with Crippen molar-refractivity contribution < 1.29 is 9.59 Å². The Bertz CT molecular complexity index is 458. The van der Waals surface area contributed by atoms with Gasteiger partial charge in [0.25, 0.3) is 5.91 Å². The number of rotatable bonds is 5. The summed E-state index contributed by atoms with van der Waals surface area (Å²) >= 11 is 0. The first kappa shape index (κ1) is 15.2. The molecular weight excluding hydrogens is 242 g/mol. The number of hydrogen-bond donors (Lipinski definition) is 3. The fourth-order valence-electron chi connectivity index (χ4n) is 1.53. The molecule has 0 saturated heterocycles. The van der Waals surface area contributed by atoms with E-state index < -0.39 is 6.04 Å². The van der Waals surface area contributed by atoms with Gasteiger partial charge in [0.15, 0.2) is 0 Å². The fraction of sp³-hybridized carbons (Fsp3) is 0.429. The number of carbonyl (C=O) groups excluding carboxylic acids is 2. The number of carbonyl (C=O) groups is 2. The lowest BCUT2D eigenvalue weighted by molar-refractivity contribution is -0.118. The molecule has 0 radical (unpaired) electrons. The van der Waals surface area contributed by atoms with Crippen molar-refractivity contribution in [1.82, 2.24) is 5.32 Å². The topological polar surface area (TPSA) is 84.2 Å². The van der Waals surface area contributed by atoms with Crippen molar-refractivity contribution in [1.29, 1.82) is 0 Å². The van der Waals surface area contributed by atoms with Crippen molar-refractivity contribution in [2.45, 2.75) is 26.8 Å². The summed E-state index contributed by atoms with van der Waals surface area (Å²) in [6, 6.07) is 6.22. The van der Waals surface area contributed by atoms with Crippen LogP contribution in [0.1, 0.15) is 31.1 Å². The van der Waals surface area contributed by atoms with Crippen LogP contribution in [0.5, 0.6) is 0 Å². The lowest BCUT2D eigenvalue weighted by Gasteiger charge is -2.15. The van der Waals surface area contributed by atoms with Gasteiger partial charge in [0.2, 0.25) is 5.91 Å². The zero-order valence-electron chi connectivity index (χ0n) is 11.6. The molecule has 104 valence electrons. The molecule has 0 aliphatic heterocycles. The highest BCUT2D eigenvalue weighted by atomic mass is 16.2. The van der Waals surface area contributed by atoms with Crippen molar-refractivity contribution in [3.05, 3.63) is 29.8 Å². The highest BCUT2D eigenvalue weighted by Gasteiger charge is 2.17. The summed E-state index contributed by atoms with van der Waals surface area (Å²) in [6.07, 6.45) is 0. The SMILES string of the molecule is CCNC(=O)c1cccc(NC(=O)[C@H](N)C(C)C)c1. The van der Waals surface area contributed by atoms with Crippen LogP contribution in [0, 0.1) is 5.92 Å². The highest BCUT2D eigenvalue weighted by Crippen LogP contribution is 2.12. The maximum absolute atomic E-state index is 11.8. The first-order valence-electron chi connectivity index (χ1n) is 6.40. The number of hydrogen-bond acceptors (Lipinski definition) is 3. The molecule has 0 saturated carbocycles. The lowest BCUT2D eigenvalue weighted by Crippen LogP contribution is -2.39. The van der Waals surface area contributed by atoms with Crippen LogP contribution >= 0.6 is 0 Å². The number of nitrogens with one attached hydrogen (secondary N) is 2. The molecule has 19 heavy (non-hydrogen) atoms. The van der Waals surface area contributed by atoms with E-state index in [9.17, 15) is 9.59 Å². The molecular formula is C14H21N3O2. The summed E-state index contributed by atoms with van der Waals surface area (Å²) in [6.45, 7) is 6.18. The van der Waals surface area contributed by atoms with Crippen LogP contribution < -0.4 is 16.4 Å². The number of benzene rings is 1. The van der Waals surface area contributed by atoms with Crippen LogP contribution in [-0.2, 0) is 4.79 Å². The second kappa shape index (κ2) is 6.89. The quantitative estimate of drug-likeness (QED) is 0.750. The minimum atomic E-state index is -0.562. The van der Waals surface area contributed by atoms with Gasteiger partial charge in [0, 0.05) is 17.8 Å². The summed E-state index contributed by atoms with van der Waals surface area (Å²) in [5, 5.41) is 5.42. The molecule has 1 atom stereocenters. The van der Waals surface area contributed by atoms with Crippen LogP contribution in [-0.4, -0.2) is 24.4 Å². The van der Waals surface area contributed by atoms with Crippen LogP contribution in [0.4, 0.5) is 5.69 Å². The first-order chi connectivity index (χ1) is 8.95.